The molecule has 1 saturated heterocycles. The number of hydrogen-bond acceptors (Lipinski definition) is 3. The number of rotatable bonds is 5. The highest BCUT2D eigenvalue weighted by Gasteiger charge is 2.48. The predicted octanol–water partition coefficient (Wildman–Crippen LogP) is 3.03. The lowest BCUT2D eigenvalue weighted by Crippen LogP contribution is -2.44. The van der Waals surface area contributed by atoms with Gasteiger partial charge in [-0.1, -0.05) is 74.0 Å². The van der Waals surface area contributed by atoms with Gasteiger partial charge in [-0.05, 0) is 17.5 Å². The van der Waals surface area contributed by atoms with E-state index in [1.807, 2.05) is 67.6 Å². The lowest BCUT2D eigenvalue weighted by Gasteiger charge is -2.27. The van der Waals surface area contributed by atoms with E-state index in [1.54, 1.807) is 0 Å². The quantitative estimate of drug-likeness (QED) is 0.719. The molecule has 0 atom stereocenters. The van der Waals surface area contributed by atoms with Crippen molar-refractivity contribution >= 4 is 17.9 Å². The molecule has 0 saturated carbocycles. The van der Waals surface area contributed by atoms with Crippen LogP contribution in [0.5, 0.6) is 0 Å². The Hall–Kier alpha value is -3.15. The topological polar surface area (TPSA) is 95.5 Å². The minimum atomic E-state index is -1.14. The van der Waals surface area contributed by atoms with Crippen LogP contribution in [0, 0.1) is 0 Å². The van der Waals surface area contributed by atoms with Crippen LogP contribution in [0.25, 0.3) is 0 Å². The third-order valence-corrected chi connectivity index (χ3v) is 4.03. The lowest BCUT2D eigenvalue weighted by atomic mass is 9.83. The highest BCUT2D eigenvalue weighted by Crippen LogP contribution is 2.32. The van der Waals surface area contributed by atoms with Crippen molar-refractivity contribution in [2.75, 3.05) is 0 Å². The molecule has 0 bridgehead atoms. The number of carboxylic acids is 1. The number of imide groups is 1. The summed E-state index contributed by atoms with van der Waals surface area (Å²) in [6, 6.07) is 18.0. The van der Waals surface area contributed by atoms with E-state index in [2.05, 4.69) is 10.6 Å². The maximum atomic E-state index is 12.3. The number of aliphatic carboxylic acids is 1. The summed E-state index contributed by atoms with van der Waals surface area (Å²) in [5, 5.41) is 13.1. The van der Waals surface area contributed by atoms with Crippen molar-refractivity contribution in [3.63, 3.8) is 0 Å². The minimum Gasteiger partial charge on any atom is -0.481 e. The summed E-state index contributed by atoms with van der Waals surface area (Å²) in [7, 11) is 0. The van der Waals surface area contributed by atoms with E-state index < -0.39 is 17.5 Å². The van der Waals surface area contributed by atoms with Crippen LogP contribution in [0.15, 0.2) is 60.7 Å². The lowest BCUT2D eigenvalue weighted by molar-refractivity contribution is -0.137. The molecule has 136 valence electrons. The number of benzene rings is 2. The van der Waals surface area contributed by atoms with Crippen molar-refractivity contribution in [3.8, 4) is 0 Å². The summed E-state index contributed by atoms with van der Waals surface area (Å²) in [4.78, 5) is 33.6. The monoisotopic (exact) mass is 354 g/mol. The van der Waals surface area contributed by atoms with Crippen LogP contribution < -0.4 is 10.6 Å². The second-order valence-electron chi connectivity index (χ2n) is 5.89. The zero-order valence-electron chi connectivity index (χ0n) is 14.6. The minimum absolute atomic E-state index is 0.316. The van der Waals surface area contributed by atoms with Crippen molar-refractivity contribution in [2.24, 2.45) is 0 Å². The fourth-order valence-electron chi connectivity index (χ4n) is 2.73. The molecule has 0 radical (unpaired) electrons. The Kier molecular flexibility index (Phi) is 6.49. The largest absolute Gasteiger partial charge is 0.481 e. The van der Waals surface area contributed by atoms with Crippen LogP contribution in [0.4, 0.5) is 4.79 Å². The fourth-order valence-corrected chi connectivity index (χ4v) is 2.73. The van der Waals surface area contributed by atoms with Crippen LogP contribution in [0.1, 0.15) is 37.3 Å². The van der Waals surface area contributed by atoms with Gasteiger partial charge in [0.25, 0.3) is 5.91 Å². The van der Waals surface area contributed by atoms with Crippen molar-refractivity contribution in [3.05, 3.63) is 71.8 Å². The maximum absolute atomic E-state index is 12.3. The Bertz CT molecular complexity index is 720. The average molecular weight is 354 g/mol. The predicted molar refractivity (Wildman–Crippen MR) is 97.5 cm³/mol. The standard InChI is InChI=1S/C15H12N2O2.C5H10O2/c18-13-15(17-14(19)16-13,11-7-3-1-4-8-11)12-9-5-2-6-10-12;1-2-3-4-5(6)7/h1-10H,(H2,16,17,18,19);2-4H2,1H3,(H,6,7). The Morgan fingerprint density at radius 3 is 1.77 bits per heavy atom. The number of urea groups is 1. The number of carbonyl (C=O) groups excluding carboxylic acids is 2. The SMILES string of the molecule is CCCCC(=O)O.O=C1NC(=O)C(c2ccccc2)(c2ccccc2)N1. The van der Waals surface area contributed by atoms with E-state index in [1.165, 1.54) is 0 Å². The molecule has 0 spiro atoms. The number of amides is 3. The molecule has 0 aromatic heterocycles. The molecule has 1 fully saturated rings. The first-order chi connectivity index (χ1) is 12.5. The van der Waals surface area contributed by atoms with Gasteiger partial charge >= 0.3 is 12.0 Å². The van der Waals surface area contributed by atoms with Gasteiger partial charge < -0.3 is 10.4 Å². The van der Waals surface area contributed by atoms with Crippen molar-refractivity contribution < 1.29 is 19.5 Å². The van der Waals surface area contributed by atoms with Crippen LogP contribution in [0.2, 0.25) is 0 Å². The summed E-state index contributed by atoms with van der Waals surface area (Å²) < 4.78 is 0. The molecule has 2 aromatic rings. The fraction of sp³-hybridized carbons (Fsp3) is 0.250. The Morgan fingerprint density at radius 1 is 0.962 bits per heavy atom. The van der Waals surface area contributed by atoms with Gasteiger partial charge in [0.05, 0.1) is 0 Å². The van der Waals surface area contributed by atoms with E-state index >= 15 is 0 Å². The molecule has 1 aliphatic heterocycles. The molecular formula is C20H22N2O4. The summed E-state index contributed by atoms with van der Waals surface area (Å²) in [6.45, 7) is 1.98. The third-order valence-electron chi connectivity index (χ3n) is 4.03. The van der Waals surface area contributed by atoms with Crippen molar-refractivity contribution in [1.29, 1.82) is 0 Å². The van der Waals surface area contributed by atoms with Gasteiger partial charge in [-0.3, -0.25) is 14.9 Å². The maximum Gasteiger partial charge on any atom is 0.322 e. The molecule has 1 heterocycles. The molecule has 6 nitrogen and oxygen atoms in total. The highest BCUT2D eigenvalue weighted by atomic mass is 16.4. The number of unbranched alkanes of at least 4 members (excludes halogenated alkanes) is 1. The van der Waals surface area contributed by atoms with E-state index in [-0.39, 0.29) is 5.91 Å². The summed E-state index contributed by atoms with van der Waals surface area (Å²) in [5.41, 5.74) is 0.341. The summed E-state index contributed by atoms with van der Waals surface area (Å²) in [6.07, 6.45) is 2.08. The Balaban J connectivity index is 0.000000298. The molecule has 0 unspecified atom stereocenters. The number of carbonyl (C=O) groups is 3. The van der Waals surface area contributed by atoms with E-state index in [4.69, 9.17) is 5.11 Å². The van der Waals surface area contributed by atoms with Gasteiger partial charge in [0.2, 0.25) is 0 Å². The molecule has 3 amide bonds. The van der Waals surface area contributed by atoms with Gasteiger partial charge in [0.1, 0.15) is 0 Å². The molecule has 0 aliphatic carbocycles. The molecule has 6 heteroatoms. The molecule has 3 rings (SSSR count). The van der Waals surface area contributed by atoms with Gasteiger partial charge in [0, 0.05) is 6.42 Å². The van der Waals surface area contributed by atoms with Gasteiger partial charge in [-0.15, -0.1) is 0 Å². The number of nitrogens with one attached hydrogen (secondary N) is 2. The first kappa shape index (κ1) is 19.2. The van der Waals surface area contributed by atoms with E-state index in [0.717, 1.165) is 24.0 Å². The van der Waals surface area contributed by atoms with Crippen LogP contribution >= 0.6 is 0 Å². The molecule has 1 aliphatic rings. The summed E-state index contributed by atoms with van der Waals surface area (Å²) >= 11 is 0. The van der Waals surface area contributed by atoms with Crippen molar-refractivity contribution in [1.82, 2.24) is 10.6 Å². The Morgan fingerprint density at radius 2 is 1.46 bits per heavy atom. The van der Waals surface area contributed by atoms with Gasteiger partial charge in [-0.2, -0.15) is 0 Å². The molecule has 26 heavy (non-hydrogen) atoms. The van der Waals surface area contributed by atoms with E-state index in [9.17, 15) is 14.4 Å². The highest BCUT2D eigenvalue weighted by molar-refractivity contribution is 6.09. The van der Waals surface area contributed by atoms with Crippen LogP contribution in [0.3, 0.4) is 0 Å². The smallest absolute Gasteiger partial charge is 0.322 e. The molecule has 3 N–H and O–H groups in total. The third kappa shape index (κ3) is 4.27. The van der Waals surface area contributed by atoms with Crippen LogP contribution in [-0.2, 0) is 15.1 Å². The Labute approximate surface area is 152 Å². The van der Waals surface area contributed by atoms with Crippen LogP contribution in [-0.4, -0.2) is 23.0 Å². The normalized spacial score (nSPS) is 14.7. The zero-order chi connectivity index (χ0) is 19.0. The first-order valence-electron chi connectivity index (χ1n) is 8.47. The summed E-state index contributed by atoms with van der Waals surface area (Å²) in [5.74, 6) is -1.04. The zero-order valence-corrected chi connectivity index (χ0v) is 14.6. The number of hydrogen-bond donors (Lipinski definition) is 3. The molecular weight excluding hydrogens is 332 g/mol. The second-order valence-corrected chi connectivity index (χ2v) is 5.89. The van der Waals surface area contributed by atoms with Crippen molar-refractivity contribution in [2.45, 2.75) is 31.7 Å². The molecule has 2 aromatic carbocycles. The number of carboxylic acid groups (broad SMARTS) is 1. The van der Waals surface area contributed by atoms with Gasteiger partial charge in [0.15, 0.2) is 5.54 Å². The second kappa shape index (κ2) is 8.80. The first-order valence-corrected chi connectivity index (χ1v) is 8.47. The van der Waals surface area contributed by atoms with E-state index in [0.29, 0.717) is 6.42 Å². The average Bonchev–Trinajstić information content (AvgIpc) is 2.97. The van der Waals surface area contributed by atoms with Gasteiger partial charge in [-0.25, -0.2) is 4.79 Å².